The van der Waals surface area contributed by atoms with Crippen LogP contribution in [0.2, 0.25) is 0 Å². The van der Waals surface area contributed by atoms with E-state index in [1.807, 2.05) is 0 Å². The Morgan fingerprint density at radius 1 is 0.289 bits per heavy atom. The van der Waals surface area contributed by atoms with Crippen molar-refractivity contribution in [2.24, 2.45) is 23.7 Å². The van der Waals surface area contributed by atoms with Crippen LogP contribution in [0, 0.1) is 23.7 Å². The number of hydrogen-bond acceptors (Lipinski definition) is 4. The van der Waals surface area contributed by atoms with Crippen LogP contribution >= 0.6 is 0 Å². The summed E-state index contributed by atoms with van der Waals surface area (Å²) in [7, 11) is 0. The summed E-state index contributed by atoms with van der Waals surface area (Å²) in [6.45, 7) is 17.7. The molecule has 45 heavy (non-hydrogen) atoms. The van der Waals surface area contributed by atoms with E-state index in [0.717, 1.165) is 154 Å². The number of aliphatic hydroxyl groups is 4. The van der Waals surface area contributed by atoms with E-state index < -0.39 is 34.2 Å². The monoisotopic (exact) mass is 677 g/mol. The molecule has 0 rings (SSSR count). The van der Waals surface area contributed by atoms with Crippen LogP contribution in [0.25, 0.3) is 0 Å². The van der Waals surface area contributed by atoms with Crippen molar-refractivity contribution in [3.05, 3.63) is 0 Å². The summed E-state index contributed by atoms with van der Waals surface area (Å²) in [5.41, 5.74) is 0. The molecule has 4 N–H and O–H groups in total. The molecule has 5 heteroatoms. The average Bonchev–Trinajstić information content (AvgIpc) is 3.03. The summed E-state index contributed by atoms with van der Waals surface area (Å²) in [5.74, 6) is 0.145. The van der Waals surface area contributed by atoms with Crippen molar-refractivity contribution in [2.75, 3.05) is 0 Å². The first-order valence-electron chi connectivity index (χ1n) is 20.4. The molecular weight excluding hydrogens is 592 g/mol. The van der Waals surface area contributed by atoms with Gasteiger partial charge in [0.05, 0.1) is 0 Å². The molecule has 0 aromatic rings. The molecule has 0 aromatic carbocycles. The number of unbranched alkanes of at least 4 members (excludes halogenated alkanes) is 8. The Bertz CT molecular complexity index is 536. The van der Waals surface area contributed by atoms with Crippen LogP contribution in [-0.4, -0.2) is 38.1 Å². The third-order valence-electron chi connectivity index (χ3n) is 11.2. The predicted octanol–water partition coefficient (Wildman–Crippen LogP) is 11.4. The summed E-state index contributed by atoms with van der Waals surface area (Å²) in [4.78, 5) is 0. The molecule has 8 atom stereocenters. The molecule has 0 aliphatic heterocycles. The van der Waals surface area contributed by atoms with E-state index >= 15 is 0 Å². The number of rotatable bonds is 32. The molecule has 272 valence electrons. The number of aliphatic hydroxyl groups excluding tert-OH is 4. The Labute approximate surface area is 286 Å². The maximum atomic E-state index is 13.0. The fourth-order valence-electron chi connectivity index (χ4n) is 8.63. The van der Waals surface area contributed by atoms with E-state index in [0.29, 0.717) is 0 Å². The summed E-state index contributed by atoms with van der Waals surface area (Å²) in [6.07, 6.45) is 24.6. The second-order valence-electron chi connectivity index (χ2n) is 15.0. The van der Waals surface area contributed by atoms with Gasteiger partial charge in [0.1, 0.15) is 0 Å². The quantitative estimate of drug-likeness (QED) is 0.0422. The SMILES string of the molecule is CCCCCC(CCC)[CH](O)[Ti]([CH](O)C(CCC)CCCCC)([CH](O)C(CCC)CCCCC)[CH](O)C(CCC)CCCCC. The molecular formula is C40H84O4Ti. The predicted molar refractivity (Wildman–Crippen MR) is 194 cm³/mol. The summed E-state index contributed by atoms with van der Waals surface area (Å²) in [6, 6.07) is 0. The Morgan fingerprint density at radius 2 is 0.489 bits per heavy atom. The minimum absolute atomic E-state index is 0.0363. The third-order valence-corrected chi connectivity index (χ3v) is 20.5. The van der Waals surface area contributed by atoms with E-state index in [1.165, 1.54) is 0 Å². The number of hydrogen-bond donors (Lipinski definition) is 4. The van der Waals surface area contributed by atoms with E-state index in [-0.39, 0.29) is 23.7 Å². The van der Waals surface area contributed by atoms with Crippen molar-refractivity contribution < 1.29 is 37.0 Å². The third kappa shape index (κ3) is 15.3. The van der Waals surface area contributed by atoms with Gasteiger partial charge < -0.3 is 0 Å². The zero-order valence-electron chi connectivity index (χ0n) is 31.9. The van der Waals surface area contributed by atoms with Gasteiger partial charge in [0.25, 0.3) is 0 Å². The van der Waals surface area contributed by atoms with Crippen molar-refractivity contribution >= 4 is 0 Å². The molecule has 0 saturated heterocycles. The van der Waals surface area contributed by atoms with Crippen LogP contribution in [0.4, 0.5) is 0 Å². The second-order valence-corrected chi connectivity index (χ2v) is 21.8. The molecule has 0 fully saturated rings. The van der Waals surface area contributed by atoms with E-state index in [4.69, 9.17) is 0 Å². The van der Waals surface area contributed by atoms with Gasteiger partial charge in [-0.15, -0.1) is 0 Å². The van der Waals surface area contributed by atoms with Crippen molar-refractivity contribution in [2.45, 2.75) is 227 Å². The van der Waals surface area contributed by atoms with Gasteiger partial charge in [-0.05, 0) is 0 Å². The van der Waals surface area contributed by atoms with E-state index in [9.17, 15) is 20.4 Å². The molecule has 0 aliphatic carbocycles. The first-order valence-corrected chi connectivity index (χ1v) is 24.0. The molecule has 0 saturated carbocycles. The summed E-state index contributed by atoms with van der Waals surface area (Å²) < 4.78 is -3.04. The normalized spacial score (nSPS) is 18.9. The molecule has 0 heterocycles. The van der Waals surface area contributed by atoms with Gasteiger partial charge in [0.2, 0.25) is 0 Å². The van der Waals surface area contributed by atoms with Gasteiger partial charge in [-0.2, -0.15) is 0 Å². The van der Waals surface area contributed by atoms with Crippen LogP contribution < -0.4 is 0 Å². The fraction of sp³-hybridized carbons (Fsp3) is 1.00. The average molecular weight is 677 g/mol. The van der Waals surface area contributed by atoms with Gasteiger partial charge >= 0.3 is 288 Å². The van der Waals surface area contributed by atoms with Crippen LogP contribution in [0.15, 0.2) is 0 Å². The first kappa shape index (κ1) is 45.6. The van der Waals surface area contributed by atoms with Crippen LogP contribution in [0.1, 0.15) is 209 Å². The second kappa shape index (κ2) is 28.4. The van der Waals surface area contributed by atoms with E-state index in [1.54, 1.807) is 0 Å². The Morgan fingerprint density at radius 3 is 0.644 bits per heavy atom. The topological polar surface area (TPSA) is 80.9 Å². The van der Waals surface area contributed by atoms with Gasteiger partial charge in [-0.3, -0.25) is 0 Å². The molecule has 0 radical (unpaired) electrons. The first-order chi connectivity index (χ1) is 21.7. The van der Waals surface area contributed by atoms with E-state index in [2.05, 4.69) is 55.4 Å². The van der Waals surface area contributed by atoms with Crippen LogP contribution in [0.3, 0.4) is 0 Å². The molecule has 8 unspecified atom stereocenters. The van der Waals surface area contributed by atoms with Gasteiger partial charge in [0, 0.05) is 0 Å². The van der Waals surface area contributed by atoms with Crippen molar-refractivity contribution in [3.63, 3.8) is 0 Å². The zero-order valence-corrected chi connectivity index (χ0v) is 33.4. The Hall–Kier alpha value is 0.554. The van der Waals surface area contributed by atoms with Crippen molar-refractivity contribution in [1.29, 1.82) is 0 Å². The maximum absolute atomic E-state index is 13.0. The standard InChI is InChI=1S/4C10H21O.Ti/c4*1-3-5-6-8-10(9-11)7-4-2;/h4*9-11H,3-8H2,1-2H3;. The molecule has 0 spiro atoms. The van der Waals surface area contributed by atoms with Crippen molar-refractivity contribution in [3.8, 4) is 0 Å². The van der Waals surface area contributed by atoms with Gasteiger partial charge in [-0.25, -0.2) is 0 Å². The minimum atomic E-state index is -4.42. The molecule has 0 bridgehead atoms. The van der Waals surface area contributed by atoms with Crippen LogP contribution in [-0.2, 0) is 16.6 Å². The zero-order chi connectivity index (χ0) is 34.1. The van der Waals surface area contributed by atoms with Gasteiger partial charge in [0.15, 0.2) is 0 Å². The Balaban J connectivity index is 7.53. The molecule has 0 aromatic heterocycles. The van der Waals surface area contributed by atoms with Crippen molar-refractivity contribution in [1.82, 2.24) is 0 Å². The van der Waals surface area contributed by atoms with Gasteiger partial charge in [-0.1, -0.05) is 0 Å². The fourth-order valence-corrected chi connectivity index (χ4v) is 19.1. The molecule has 0 amide bonds. The summed E-state index contributed by atoms with van der Waals surface area (Å²) >= 11 is -4.42. The van der Waals surface area contributed by atoms with Crippen LogP contribution in [0.5, 0.6) is 0 Å². The molecule has 4 nitrogen and oxygen atoms in total. The molecule has 0 aliphatic rings. The summed E-state index contributed by atoms with van der Waals surface area (Å²) in [5, 5.41) is 52.1. The Kier molecular flexibility index (Phi) is 28.7.